The molecule has 4 rings (SSSR count). The number of benzene rings is 1. The molecule has 2 N–H and O–H groups in total. The fourth-order valence-corrected chi connectivity index (χ4v) is 3.92. The standard InChI is InChI=1S/C23H18N4O4S/c1-13-9-16(14(2)26(13)18-7-4-8-24-12-18)11-19-20(28)25-23(32)27(21(19)29)17-6-3-5-15(10-17)22(30)31/h3-12H,1-2H3,(H,30,31)(H,25,28,32). The van der Waals surface area contributed by atoms with Crippen molar-refractivity contribution in [2.75, 3.05) is 4.90 Å². The van der Waals surface area contributed by atoms with Crippen molar-refractivity contribution < 1.29 is 19.5 Å². The van der Waals surface area contributed by atoms with Crippen molar-refractivity contribution in [3.05, 3.63) is 82.9 Å². The lowest BCUT2D eigenvalue weighted by Gasteiger charge is -2.29. The molecule has 3 aromatic rings. The second-order valence-corrected chi connectivity index (χ2v) is 7.57. The van der Waals surface area contributed by atoms with Crippen LogP contribution in [-0.2, 0) is 9.59 Å². The van der Waals surface area contributed by atoms with Gasteiger partial charge in [0.1, 0.15) is 5.57 Å². The number of anilines is 1. The summed E-state index contributed by atoms with van der Waals surface area (Å²) in [7, 11) is 0. The van der Waals surface area contributed by atoms with Crippen LogP contribution in [0.3, 0.4) is 0 Å². The SMILES string of the molecule is Cc1cc(C=C2C(=O)NC(=S)N(c3cccc(C(=O)O)c3)C2=O)c(C)n1-c1cccnc1. The Morgan fingerprint density at radius 1 is 1.12 bits per heavy atom. The second kappa shape index (κ2) is 8.20. The number of nitrogens with zero attached hydrogens (tertiary/aromatic N) is 3. The number of aryl methyl sites for hydroxylation is 1. The first-order chi connectivity index (χ1) is 15.3. The number of carbonyl (C=O) groups is 3. The van der Waals surface area contributed by atoms with Gasteiger partial charge in [0.05, 0.1) is 23.1 Å². The van der Waals surface area contributed by atoms with Gasteiger partial charge in [0.2, 0.25) is 0 Å². The topological polar surface area (TPSA) is 105 Å². The van der Waals surface area contributed by atoms with Crippen molar-refractivity contribution in [1.29, 1.82) is 0 Å². The van der Waals surface area contributed by atoms with Crippen LogP contribution in [0.4, 0.5) is 5.69 Å². The summed E-state index contributed by atoms with van der Waals surface area (Å²) in [6.45, 7) is 3.81. The van der Waals surface area contributed by atoms with Gasteiger partial charge >= 0.3 is 5.97 Å². The molecule has 0 aliphatic carbocycles. The van der Waals surface area contributed by atoms with E-state index >= 15 is 0 Å². The van der Waals surface area contributed by atoms with Gasteiger partial charge in [0.25, 0.3) is 11.8 Å². The predicted molar refractivity (Wildman–Crippen MR) is 123 cm³/mol. The van der Waals surface area contributed by atoms with Gasteiger partial charge < -0.3 is 9.67 Å². The van der Waals surface area contributed by atoms with Crippen molar-refractivity contribution in [1.82, 2.24) is 14.9 Å². The maximum Gasteiger partial charge on any atom is 0.335 e. The number of nitrogens with one attached hydrogen (secondary N) is 1. The van der Waals surface area contributed by atoms with Crippen molar-refractivity contribution in [3.8, 4) is 5.69 Å². The van der Waals surface area contributed by atoms with Gasteiger partial charge in [0.15, 0.2) is 5.11 Å². The molecule has 0 atom stereocenters. The molecule has 0 unspecified atom stereocenters. The van der Waals surface area contributed by atoms with Crippen molar-refractivity contribution in [2.45, 2.75) is 13.8 Å². The molecule has 8 nitrogen and oxygen atoms in total. The Morgan fingerprint density at radius 3 is 2.56 bits per heavy atom. The van der Waals surface area contributed by atoms with Crippen LogP contribution in [0.2, 0.25) is 0 Å². The van der Waals surface area contributed by atoms with Gasteiger partial charge in [0, 0.05) is 17.6 Å². The monoisotopic (exact) mass is 446 g/mol. The van der Waals surface area contributed by atoms with E-state index in [2.05, 4.69) is 10.3 Å². The highest BCUT2D eigenvalue weighted by atomic mass is 32.1. The molecule has 1 saturated heterocycles. The van der Waals surface area contributed by atoms with Crippen LogP contribution in [0.1, 0.15) is 27.3 Å². The van der Waals surface area contributed by atoms with Crippen LogP contribution in [0.5, 0.6) is 0 Å². The Bertz CT molecular complexity index is 1310. The normalized spacial score (nSPS) is 15.2. The van der Waals surface area contributed by atoms with E-state index in [0.717, 1.165) is 22.0 Å². The van der Waals surface area contributed by atoms with Gasteiger partial charge in [-0.15, -0.1) is 0 Å². The minimum Gasteiger partial charge on any atom is -0.478 e. The number of aromatic carboxylic acids is 1. The molecule has 1 aliphatic heterocycles. The molecule has 1 aliphatic rings. The maximum atomic E-state index is 13.3. The number of hydrogen-bond acceptors (Lipinski definition) is 5. The highest BCUT2D eigenvalue weighted by molar-refractivity contribution is 7.80. The van der Waals surface area contributed by atoms with Crippen LogP contribution in [0, 0.1) is 13.8 Å². The molecule has 1 aromatic carbocycles. The summed E-state index contributed by atoms with van der Waals surface area (Å²) in [6.07, 6.45) is 4.93. The smallest absolute Gasteiger partial charge is 0.335 e. The molecule has 2 aromatic heterocycles. The van der Waals surface area contributed by atoms with E-state index in [9.17, 15) is 19.5 Å². The average Bonchev–Trinajstić information content (AvgIpc) is 3.04. The van der Waals surface area contributed by atoms with Crippen molar-refractivity contribution >= 4 is 46.9 Å². The largest absolute Gasteiger partial charge is 0.478 e. The van der Waals surface area contributed by atoms with Crippen LogP contribution in [0.15, 0.2) is 60.4 Å². The summed E-state index contributed by atoms with van der Waals surface area (Å²) in [6, 6.07) is 11.4. The Balaban J connectivity index is 1.76. The average molecular weight is 446 g/mol. The van der Waals surface area contributed by atoms with Gasteiger partial charge in [-0.05, 0) is 74.1 Å². The van der Waals surface area contributed by atoms with E-state index in [4.69, 9.17) is 12.2 Å². The third kappa shape index (κ3) is 3.69. The van der Waals surface area contributed by atoms with Crippen LogP contribution in [0.25, 0.3) is 11.8 Å². The number of thiocarbonyl (C=S) groups is 1. The molecule has 3 heterocycles. The highest BCUT2D eigenvalue weighted by Gasteiger charge is 2.35. The summed E-state index contributed by atoms with van der Waals surface area (Å²) >= 11 is 5.19. The third-order valence-electron chi connectivity index (χ3n) is 5.13. The minimum absolute atomic E-state index is 0.000505. The summed E-state index contributed by atoms with van der Waals surface area (Å²) in [4.78, 5) is 42.5. The maximum absolute atomic E-state index is 13.3. The van der Waals surface area contributed by atoms with Crippen LogP contribution >= 0.6 is 12.2 Å². The van der Waals surface area contributed by atoms with E-state index in [-0.39, 0.29) is 21.9 Å². The Morgan fingerprint density at radius 2 is 1.88 bits per heavy atom. The predicted octanol–water partition coefficient (Wildman–Crippen LogP) is 3.02. The molecule has 9 heteroatoms. The number of pyridine rings is 1. The number of carboxylic acid groups (broad SMARTS) is 1. The molecule has 2 amide bonds. The zero-order chi connectivity index (χ0) is 23.0. The molecule has 0 bridgehead atoms. The van der Waals surface area contributed by atoms with Gasteiger partial charge in [-0.3, -0.25) is 24.8 Å². The Hall–Kier alpha value is -4.11. The van der Waals surface area contributed by atoms with Gasteiger partial charge in [-0.25, -0.2) is 4.79 Å². The van der Waals surface area contributed by atoms with E-state index < -0.39 is 17.8 Å². The van der Waals surface area contributed by atoms with Crippen molar-refractivity contribution in [2.24, 2.45) is 0 Å². The number of rotatable bonds is 4. The number of hydrogen-bond donors (Lipinski definition) is 2. The second-order valence-electron chi connectivity index (χ2n) is 7.19. The number of carbonyl (C=O) groups excluding carboxylic acids is 2. The fraction of sp³-hybridized carbons (Fsp3) is 0.0870. The lowest BCUT2D eigenvalue weighted by molar-refractivity contribution is -0.122. The fourth-order valence-electron chi connectivity index (χ4n) is 3.64. The molecule has 0 radical (unpaired) electrons. The molecular formula is C23H18N4O4S. The van der Waals surface area contributed by atoms with Crippen molar-refractivity contribution in [3.63, 3.8) is 0 Å². The van der Waals surface area contributed by atoms with Crippen LogP contribution < -0.4 is 10.2 Å². The summed E-state index contributed by atoms with van der Waals surface area (Å²) in [5.74, 6) is -2.38. The van der Waals surface area contributed by atoms with Crippen LogP contribution in [-0.4, -0.2) is 37.6 Å². The molecule has 0 spiro atoms. The van der Waals surface area contributed by atoms with E-state index in [1.807, 2.05) is 36.6 Å². The summed E-state index contributed by atoms with van der Waals surface area (Å²) in [5.41, 5.74) is 3.44. The number of amides is 2. The quantitative estimate of drug-likeness (QED) is 0.363. The molecule has 0 saturated carbocycles. The number of carboxylic acids is 1. The van der Waals surface area contributed by atoms with Gasteiger partial charge in [-0.1, -0.05) is 6.07 Å². The van der Waals surface area contributed by atoms with E-state index in [0.29, 0.717) is 5.56 Å². The molecule has 160 valence electrons. The zero-order valence-electron chi connectivity index (χ0n) is 17.2. The number of aromatic nitrogens is 2. The first-order valence-electron chi connectivity index (χ1n) is 9.62. The van der Waals surface area contributed by atoms with E-state index in [1.165, 1.54) is 24.3 Å². The highest BCUT2D eigenvalue weighted by Crippen LogP contribution is 2.26. The zero-order valence-corrected chi connectivity index (χ0v) is 18.0. The lowest BCUT2D eigenvalue weighted by Crippen LogP contribution is -2.54. The lowest BCUT2D eigenvalue weighted by atomic mass is 10.1. The summed E-state index contributed by atoms with van der Waals surface area (Å²) in [5, 5.41) is 11.7. The first kappa shape index (κ1) is 21.1. The first-order valence-corrected chi connectivity index (χ1v) is 10.0. The third-order valence-corrected chi connectivity index (χ3v) is 5.41. The summed E-state index contributed by atoms with van der Waals surface area (Å²) < 4.78 is 1.98. The van der Waals surface area contributed by atoms with Gasteiger partial charge in [-0.2, -0.15) is 0 Å². The Labute approximate surface area is 188 Å². The Kier molecular flexibility index (Phi) is 5.41. The minimum atomic E-state index is -1.13. The molecule has 1 fully saturated rings. The van der Waals surface area contributed by atoms with E-state index in [1.54, 1.807) is 18.5 Å². The molecular weight excluding hydrogens is 428 g/mol. The molecule has 32 heavy (non-hydrogen) atoms.